The summed E-state index contributed by atoms with van der Waals surface area (Å²) in [7, 11) is 1.60. The molecule has 0 aromatic heterocycles. The zero-order valence-electron chi connectivity index (χ0n) is 12.0. The first kappa shape index (κ1) is 15.5. The molecule has 104 valence electrons. The SMILES string of the molecule is COc1ccc(C#N)cc1COCCOC(C)(C)C. The lowest BCUT2D eigenvalue weighted by Gasteiger charge is -2.19. The largest absolute Gasteiger partial charge is 0.496 e. The predicted octanol–water partition coefficient (Wildman–Crippen LogP) is 2.90. The highest BCUT2D eigenvalue weighted by Gasteiger charge is 2.09. The molecule has 0 spiro atoms. The molecule has 0 fully saturated rings. The van der Waals surface area contributed by atoms with Gasteiger partial charge in [0, 0.05) is 5.56 Å². The van der Waals surface area contributed by atoms with Gasteiger partial charge in [-0.1, -0.05) is 0 Å². The first-order chi connectivity index (χ1) is 8.96. The summed E-state index contributed by atoms with van der Waals surface area (Å²) in [5.74, 6) is 0.732. The second-order valence-corrected chi connectivity index (χ2v) is 5.15. The summed E-state index contributed by atoms with van der Waals surface area (Å²) >= 11 is 0. The Kier molecular flexibility index (Phi) is 5.81. The fourth-order valence-electron chi connectivity index (χ4n) is 1.55. The van der Waals surface area contributed by atoms with E-state index in [0.717, 1.165) is 11.3 Å². The maximum atomic E-state index is 8.87. The van der Waals surface area contributed by atoms with Crippen molar-refractivity contribution in [2.75, 3.05) is 20.3 Å². The van der Waals surface area contributed by atoms with E-state index in [2.05, 4.69) is 6.07 Å². The number of methoxy groups -OCH3 is 1. The van der Waals surface area contributed by atoms with Crippen molar-refractivity contribution in [3.8, 4) is 11.8 Å². The van der Waals surface area contributed by atoms with E-state index in [0.29, 0.717) is 25.4 Å². The third-order valence-electron chi connectivity index (χ3n) is 2.43. The van der Waals surface area contributed by atoms with Gasteiger partial charge in [-0.3, -0.25) is 0 Å². The Balaban J connectivity index is 2.46. The first-order valence-corrected chi connectivity index (χ1v) is 6.25. The van der Waals surface area contributed by atoms with Gasteiger partial charge in [-0.25, -0.2) is 0 Å². The Morgan fingerprint density at radius 3 is 2.53 bits per heavy atom. The molecule has 1 aromatic carbocycles. The zero-order valence-corrected chi connectivity index (χ0v) is 12.0. The van der Waals surface area contributed by atoms with Crippen LogP contribution in [0, 0.1) is 11.3 Å². The van der Waals surface area contributed by atoms with Crippen LogP contribution in [0.15, 0.2) is 18.2 Å². The first-order valence-electron chi connectivity index (χ1n) is 6.25. The van der Waals surface area contributed by atoms with Gasteiger partial charge in [0.25, 0.3) is 0 Å². The molecule has 0 radical (unpaired) electrons. The van der Waals surface area contributed by atoms with Crippen LogP contribution in [0.3, 0.4) is 0 Å². The van der Waals surface area contributed by atoms with E-state index in [9.17, 15) is 0 Å². The monoisotopic (exact) mass is 263 g/mol. The second kappa shape index (κ2) is 7.13. The van der Waals surface area contributed by atoms with Gasteiger partial charge in [-0.15, -0.1) is 0 Å². The maximum Gasteiger partial charge on any atom is 0.124 e. The summed E-state index contributed by atoms with van der Waals surface area (Å²) in [6, 6.07) is 7.39. The van der Waals surface area contributed by atoms with E-state index in [4.69, 9.17) is 19.5 Å². The van der Waals surface area contributed by atoms with Crippen LogP contribution in [-0.2, 0) is 16.1 Å². The molecule has 0 N–H and O–H groups in total. The molecule has 0 aliphatic rings. The molecule has 0 amide bonds. The van der Waals surface area contributed by atoms with E-state index < -0.39 is 0 Å². The Hall–Kier alpha value is -1.57. The van der Waals surface area contributed by atoms with E-state index in [1.807, 2.05) is 20.8 Å². The highest BCUT2D eigenvalue weighted by Crippen LogP contribution is 2.20. The molecule has 0 heterocycles. The molecule has 19 heavy (non-hydrogen) atoms. The van der Waals surface area contributed by atoms with Crippen molar-refractivity contribution in [3.05, 3.63) is 29.3 Å². The van der Waals surface area contributed by atoms with Crippen molar-refractivity contribution in [2.45, 2.75) is 33.0 Å². The van der Waals surface area contributed by atoms with Crippen molar-refractivity contribution in [1.29, 1.82) is 5.26 Å². The summed E-state index contributed by atoms with van der Waals surface area (Å²) < 4.78 is 16.3. The number of hydrogen-bond donors (Lipinski definition) is 0. The lowest BCUT2D eigenvalue weighted by Crippen LogP contribution is -2.21. The topological polar surface area (TPSA) is 51.5 Å². The predicted molar refractivity (Wildman–Crippen MR) is 73.1 cm³/mol. The normalized spacial score (nSPS) is 11.1. The standard InChI is InChI=1S/C15H21NO3/c1-15(2,3)19-8-7-18-11-13-9-12(10-16)5-6-14(13)17-4/h5-6,9H,7-8,11H2,1-4H3. The third-order valence-corrected chi connectivity index (χ3v) is 2.43. The number of ether oxygens (including phenoxy) is 3. The highest BCUT2D eigenvalue weighted by atomic mass is 16.5. The van der Waals surface area contributed by atoms with Crippen LogP contribution in [0.4, 0.5) is 0 Å². The van der Waals surface area contributed by atoms with E-state index in [1.165, 1.54) is 0 Å². The van der Waals surface area contributed by atoms with E-state index >= 15 is 0 Å². The summed E-state index contributed by atoms with van der Waals surface area (Å²) in [5.41, 5.74) is 1.32. The number of nitrogens with zero attached hydrogens (tertiary/aromatic N) is 1. The molecular formula is C15H21NO3. The van der Waals surface area contributed by atoms with Crippen LogP contribution in [0.2, 0.25) is 0 Å². The van der Waals surface area contributed by atoms with Crippen LogP contribution in [0.5, 0.6) is 5.75 Å². The number of hydrogen-bond acceptors (Lipinski definition) is 4. The van der Waals surface area contributed by atoms with E-state index in [-0.39, 0.29) is 5.60 Å². The van der Waals surface area contributed by atoms with E-state index in [1.54, 1.807) is 25.3 Å². The molecule has 1 rings (SSSR count). The molecule has 0 aliphatic carbocycles. The Labute approximate surface area is 114 Å². The van der Waals surface area contributed by atoms with Crippen LogP contribution in [-0.4, -0.2) is 25.9 Å². The molecule has 1 aromatic rings. The second-order valence-electron chi connectivity index (χ2n) is 5.15. The Morgan fingerprint density at radius 1 is 1.21 bits per heavy atom. The van der Waals surface area contributed by atoms with Crippen LogP contribution in [0.25, 0.3) is 0 Å². The van der Waals surface area contributed by atoms with Gasteiger partial charge >= 0.3 is 0 Å². The van der Waals surface area contributed by atoms with Crippen molar-refractivity contribution in [2.24, 2.45) is 0 Å². The molecule has 0 aliphatic heterocycles. The smallest absolute Gasteiger partial charge is 0.124 e. The summed E-state index contributed by atoms with van der Waals surface area (Å²) in [6.45, 7) is 7.48. The Bertz CT molecular complexity index is 444. The molecule has 0 bridgehead atoms. The molecule has 0 saturated carbocycles. The average molecular weight is 263 g/mol. The number of rotatable bonds is 6. The average Bonchev–Trinajstić information content (AvgIpc) is 2.36. The third kappa shape index (κ3) is 5.73. The minimum absolute atomic E-state index is 0.151. The number of nitriles is 1. The van der Waals surface area contributed by atoms with Gasteiger partial charge in [0.15, 0.2) is 0 Å². The van der Waals surface area contributed by atoms with Gasteiger partial charge < -0.3 is 14.2 Å². The minimum atomic E-state index is -0.151. The lowest BCUT2D eigenvalue weighted by atomic mass is 10.1. The Morgan fingerprint density at radius 2 is 1.95 bits per heavy atom. The minimum Gasteiger partial charge on any atom is -0.496 e. The molecule has 0 saturated heterocycles. The fraction of sp³-hybridized carbons (Fsp3) is 0.533. The summed E-state index contributed by atoms with van der Waals surface area (Å²) in [4.78, 5) is 0. The maximum absolute atomic E-state index is 8.87. The summed E-state index contributed by atoms with van der Waals surface area (Å²) in [5, 5.41) is 8.87. The van der Waals surface area contributed by atoms with Crippen molar-refractivity contribution in [1.82, 2.24) is 0 Å². The molecule has 0 unspecified atom stereocenters. The number of benzene rings is 1. The van der Waals surface area contributed by atoms with Gasteiger partial charge in [0.05, 0.1) is 44.2 Å². The summed E-state index contributed by atoms with van der Waals surface area (Å²) in [6.07, 6.45) is 0. The molecule has 4 nitrogen and oxygen atoms in total. The quantitative estimate of drug-likeness (QED) is 0.740. The molecule has 0 atom stereocenters. The van der Waals surface area contributed by atoms with Crippen LogP contribution >= 0.6 is 0 Å². The van der Waals surface area contributed by atoms with Crippen molar-refractivity contribution >= 4 is 0 Å². The van der Waals surface area contributed by atoms with Crippen molar-refractivity contribution < 1.29 is 14.2 Å². The fourth-order valence-corrected chi connectivity index (χ4v) is 1.55. The van der Waals surface area contributed by atoms with Crippen LogP contribution in [0.1, 0.15) is 31.9 Å². The van der Waals surface area contributed by atoms with Gasteiger partial charge in [-0.2, -0.15) is 5.26 Å². The van der Waals surface area contributed by atoms with Crippen LogP contribution < -0.4 is 4.74 Å². The lowest BCUT2D eigenvalue weighted by molar-refractivity contribution is -0.0378. The highest BCUT2D eigenvalue weighted by molar-refractivity contribution is 5.41. The molecular weight excluding hydrogens is 242 g/mol. The van der Waals surface area contributed by atoms with Crippen molar-refractivity contribution in [3.63, 3.8) is 0 Å². The van der Waals surface area contributed by atoms with Gasteiger partial charge in [-0.05, 0) is 39.0 Å². The van der Waals surface area contributed by atoms with Gasteiger partial charge in [0.2, 0.25) is 0 Å². The zero-order chi connectivity index (χ0) is 14.3. The van der Waals surface area contributed by atoms with Gasteiger partial charge in [0.1, 0.15) is 5.75 Å². The molecule has 4 heteroatoms.